The smallest absolute Gasteiger partial charge is 0.339 e. The summed E-state index contributed by atoms with van der Waals surface area (Å²) in [5, 5.41) is 26.1. The van der Waals surface area contributed by atoms with Gasteiger partial charge in [-0.2, -0.15) is 0 Å². The lowest BCUT2D eigenvalue weighted by molar-refractivity contribution is -0.130. The number of carboxylic acid groups (broad SMARTS) is 1. The van der Waals surface area contributed by atoms with E-state index in [1.165, 1.54) is 24.3 Å². The number of benzene rings is 1. The molecule has 0 amide bonds. The van der Waals surface area contributed by atoms with Crippen molar-refractivity contribution in [3.63, 3.8) is 0 Å². The zero-order chi connectivity index (χ0) is 9.84. The van der Waals surface area contributed by atoms with Gasteiger partial charge in [0.2, 0.25) is 0 Å². The molecule has 0 aliphatic rings. The third-order valence-corrected chi connectivity index (χ3v) is 1.54. The molecule has 0 spiro atoms. The van der Waals surface area contributed by atoms with E-state index in [2.05, 4.69) is 0 Å². The monoisotopic (exact) mass is 180 g/mol. The third-order valence-electron chi connectivity index (χ3n) is 1.54. The first-order valence-electron chi connectivity index (χ1n) is 3.52. The second-order valence-electron chi connectivity index (χ2n) is 2.39. The molecule has 0 aromatic heterocycles. The van der Waals surface area contributed by atoms with Crippen LogP contribution >= 0.6 is 0 Å². The fourth-order valence-corrected chi connectivity index (χ4v) is 0.894. The van der Waals surface area contributed by atoms with Gasteiger partial charge in [-0.25, -0.2) is 4.79 Å². The Bertz CT molecular complexity index is 337. The number of rotatable bonds is 2. The van der Waals surface area contributed by atoms with Gasteiger partial charge in [-0.15, -0.1) is 0 Å². The Labute approximate surface area is 74.4 Å². The van der Waals surface area contributed by atoms with Crippen molar-refractivity contribution in [2.24, 2.45) is 0 Å². The highest BCUT2D eigenvalue weighted by molar-refractivity contribution is 6.14. The molecule has 0 heterocycles. The summed E-state index contributed by atoms with van der Waals surface area (Å²) in [5.74, 6) is -1.17. The van der Waals surface area contributed by atoms with Gasteiger partial charge < -0.3 is 15.3 Å². The number of carboxylic acids is 1. The van der Waals surface area contributed by atoms with E-state index in [1.807, 2.05) is 0 Å². The van der Waals surface area contributed by atoms with E-state index < -0.39 is 5.97 Å². The molecule has 1 aromatic rings. The Morgan fingerprint density at radius 1 is 1.23 bits per heavy atom. The Hall–Kier alpha value is -1.97. The molecule has 4 heteroatoms. The van der Waals surface area contributed by atoms with Crippen LogP contribution in [0.1, 0.15) is 5.56 Å². The highest BCUT2D eigenvalue weighted by Crippen LogP contribution is 2.17. The summed E-state index contributed by atoms with van der Waals surface area (Å²) in [4.78, 5) is 10.5. The Kier molecular flexibility index (Phi) is 2.54. The van der Waals surface area contributed by atoms with Gasteiger partial charge in [0.1, 0.15) is 11.3 Å². The molecule has 0 aliphatic heterocycles. The summed E-state index contributed by atoms with van der Waals surface area (Å²) in [6.45, 7) is 0. The molecule has 0 fully saturated rings. The number of phenols is 1. The van der Waals surface area contributed by atoms with Crippen LogP contribution in [0.5, 0.6) is 5.75 Å². The standard InChI is InChI=1S/C9H8O4/c10-5-8(9(12)13)6-1-3-7(11)4-2-6/h1-5,10-11H,(H,12,13)/b8-5-. The van der Waals surface area contributed by atoms with E-state index in [0.717, 1.165) is 0 Å². The first-order valence-corrected chi connectivity index (χ1v) is 3.52. The first kappa shape index (κ1) is 9.12. The number of aliphatic hydroxyl groups is 1. The van der Waals surface area contributed by atoms with Gasteiger partial charge in [0.05, 0.1) is 6.26 Å². The van der Waals surface area contributed by atoms with Crippen molar-refractivity contribution in [1.82, 2.24) is 0 Å². The maximum Gasteiger partial charge on any atom is 0.339 e. The first-order chi connectivity index (χ1) is 6.15. The number of hydrogen-bond acceptors (Lipinski definition) is 3. The summed E-state index contributed by atoms with van der Waals surface area (Å²) in [7, 11) is 0. The molecule has 1 rings (SSSR count). The van der Waals surface area contributed by atoms with Gasteiger partial charge in [0.25, 0.3) is 0 Å². The van der Waals surface area contributed by atoms with Gasteiger partial charge in [-0.3, -0.25) is 0 Å². The van der Waals surface area contributed by atoms with Gasteiger partial charge in [0, 0.05) is 0 Å². The topological polar surface area (TPSA) is 77.8 Å². The number of aromatic hydroxyl groups is 1. The molecule has 0 atom stereocenters. The molecule has 0 saturated carbocycles. The fraction of sp³-hybridized carbons (Fsp3) is 0. The maximum absolute atomic E-state index is 10.5. The molecular formula is C9H8O4. The molecule has 68 valence electrons. The molecule has 0 radical (unpaired) electrons. The van der Waals surface area contributed by atoms with Crippen LogP contribution in [0.3, 0.4) is 0 Å². The lowest BCUT2D eigenvalue weighted by atomic mass is 10.1. The van der Waals surface area contributed by atoms with Crippen LogP contribution in [-0.4, -0.2) is 21.3 Å². The third kappa shape index (κ3) is 1.99. The van der Waals surface area contributed by atoms with Crippen LogP contribution in [0.4, 0.5) is 0 Å². The second kappa shape index (κ2) is 3.62. The van der Waals surface area contributed by atoms with E-state index in [9.17, 15) is 4.79 Å². The SMILES string of the molecule is O=C(O)/C(=C\O)c1ccc(O)cc1. The Morgan fingerprint density at radius 2 is 1.77 bits per heavy atom. The predicted molar refractivity (Wildman–Crippen MR) is 46.3 cm³/mol. The van der Waals surface area contributed by atoms with Gasteiger partial charge in [-0.05, 0) is 17.7 Å². The average molecular weight is 180 g/mol. The summed E-state index contributed by atoms with van der Waals surface area (Å²) in [6.07, 6.45) is 0.523. The van der Waals surface area contributed by atoms with Crippen molar-refractivity contribution >= 4 is 11.5 Å². The summed E-state index contributed by atoms with van der Waals surface area (Å²) >= 11 is 0. The van der Waals surface area contributed by atoms with Crippen molar-refractivity contribution in [1.29, 1.82) is 0 Å². The maximum atomic E-state index is 10.5. The van der Waals surface area contributed by atoms with E-state index in [4.69, 9.17) is 15.3 Å². The normalized spacial score (nSPS) is 11.2. The average Bonchev–Trinajstić information content (AvgIpc) is 2.09. The minimum atomic E-state index is -1.21. The Morgan fingerprint density at radius 3 is 2.15 bits per heavy atom. The van der Waals surface area contributed by atoms with E-state index in [1.54, 1.807) is 0 Å². The van der Waals surface area contributed by atoms with Gasteiger partial charge >= 0.3 is 5.97 Å². The van der Waals surface area contributed by atoms with Crippen molar-refractivity contribution in [3.8, 4) is 5.75 Å². The molecule has 1 aromatic carbocycles. The van der Waals surface area contributed by atoms with Crippen molar-refractivity contribution in [2.75, 3.05) is 0 Å². The van der Waals surface area contributed by atoms with Crippen LogP contribution in [0, 0.1) is 0 Å². The predicted octanol–water partition coefficient (Wildman–Crippen LogP) is 1.38. The molecular weight excluding hydrogens is 172 g/mol. The van der Waals surface area contributed by atoms with Crippen LogP contribution < -0.4 is 0 Å². The zero-order valence-electron chi connectivity index (χ0n) is 6.64. The fourth-order valence-electron chi connectivity index (χ4n) is 0.894. The van der Waals surface area contributed by atoms with Crippen LogP contribution in [0.25, 0.3) is 5.57 Å². The number of aliphatic hydroxyl groups excluding tert-OH is 1. The van der Waals surface area contributed by atoms with Crippen LogP contribution in [-0.2, 0) is 4.79 Å². The van der Waals surface area contributed by atoms with Crippen molar-refractivity contribution < 1.29 is 20.1 Å². The van der Waals surface area contributed by atoms with Crippen molar-refractivity contribution in [2.45, 2.75) is 0 Å². The summed E-state index contributed by atoms with van der Waals surface area (Å²) < 4.78 is 0. The molecule has 0 saturated heterocycles. The summed E-state index contributed by atoms with van der Waals surface area (Å²) in [5.41, 5.74) is 0.132. The molecule has 4 nitrogen and oxygen atoms in total. The van der Waals surface area contributed by atoms with E-state index in [0.29, 0.717) is 11.8 Å². The minimum absolute atomic E-state index is 0.0476. The number of carbonyl (C=O) groups is 1. The second-order valence-corrected chi connectivity index (χ2v) is 2.39. The van der Waals surface area contributed by atoms with Crippen molar-refractivity contribution in [3.05, 3.63) is 36.1 Å². The number of phenolic OH excluding ortho intramolecular Hbond substituents is 1. The van der Waals surface area contributed by atoms with E-state index in [-0.39, 0.29) is 11.3 Å². The highest BCUT2D eigenvalue weighted by Gasteiger charge is 2.09. The lowest BCUT2D eigenvalue weighted by Crippen LogP contribution is -1.99. The number of aliphatic carboxylic acids is 1. The minimum Gasteiger partial charge on any atom is -0.515 e. The highest BCUT2D eigenvalue weighted by atomic mass is 16.4. The number of hydrogen-bond donors (Lipinski definition) is 3. The zero-order valence-corrected chi connectivity index (χ0v) is 6.64. The van der Waals surface area contributed by atoms with Gasteiger partial charge in [-0.1, -0.05) is 12.1 Å². The Balaban J connectivity index is 3.07. The van der Waals surface area contributed by atoms with E-state index >= 15 is 0 Å². The van der Waals surface area contributed by atoms with Crippen LogP contribution in [0.2, 0.25) is 0 Å². The molecule has 0 unspecified atom stereocenters. The molecule has 13 heavy (non-hydrogen) atoms. The largest absolute Gasteiger partial charge is 0.515 e. The molecule has 0 bridgehead atoms. The lowest BCUT2D eigenvalue weighted by Gasteiger charge is -2.00. The van der Waals surface area contributed by atoms with Crippen LogP contribution in [0.15, 0.2) is 30.5 Å². The molecule has 3 N–H and O–H groups in total. The van der Waals surface area contributed by atoms with Gasteiger partial charge in [0.15, 0.2) is 0 Å². The quantitative estimate of drug-likeness (QED) is 0.474. The molecule has 0 aliphatic carbocycles. The summed E-state index contributed by atoms with van der Waals surface area (Å²) in [6, 6.07) is 5.51.